The van der Waals surface area contributed by atoms with Gasteiger partial charge in [0.25, 0.3) is 0 Å². The van der Waals surface area contributed by atoms with Crippen LogP contribution < -0.4 is 5.32 Å². The molecule has 2 heterocycles. The van der Waals surface area contributed by atoms with Crippen molar-refractivity contribution >= 4 is 55.7 Å². The van der Waals surface area contributed by atoms with Gasteiger partial charge in [0.05, 0.1) is 10.2 Å². The van der Waals surface area contributed by atoms with E-state index in [0.717, 1.165) is 38.0 Å². The summed E-state index contributed by atoms with van der Waals surface area (Å²) in [7, 11) is 0. The van der Waals surface area contributed by atoms with Crippen LogP contribution in [0.15, 0.2) is 58.8 Å². The molecule has 1 amide bonds. The maximum Gasteiger partial charge on any atom is 0.226 e. The molecular formula is C20H16FN3OS3. The number of rotatable bonds is 7. The first-order valence-electron chi connectivity index (χ1n) is 8.67. The highest BCUT2D eigenvalue weighted by Crippen LogP contribution is 2.32. The van der Waals surface area contributed by atoms with Gasteiger partial charge < -0.3 is 5.32 Å². The third kappa shape index (κ3) is 4.76. The lowest BCUT2D eigenvalue weighted by molar-refractivity contribution is -0.116. The first kappa shape index (κ1) is 19.0. The molecule has 0 aliphatic carbocycles. The summed E-state index contributed by atoms with van der Waals surface area (Å²) >= 11 is 4.61. The average Bonchev–Trinajstić information content (AvgIpc) is 3.33. The van der Waals surface area contributed by atoms with E-state index in [-0.39, 0.29) is 11.7 Å². The summed E-state index contributed by atoms with van der Waals surface area (Å²) in [4.78, 5) is 22.2. The Bertz CT molecular complexity index is 1060. The lowest BCUT2D eigenvalue weighted by atomic mass is 10.3. The Morgan fingerprint density at radius 2 is 1.93 bits per heavy atom. The average molecular weight is 430 g/mol. The molecule has 4 aromatic rings. The molecule has 0 spiro atoms. The van der Waals surface area contributed by atoms with Gasteiger partial charge in [-0.25, -0.2) is 14.4 Å². The van der Waals surface area contributed by atoms with Crippen molar-refractivity contribution in [3.63, 3.8) is 0 Å². The lowest BCUT2D eigenvalue weighted by Gasteiger charge is -2.02. The van der Waals surface area contributed by atoms with E-state index in [9.17, 15) is 9.18 Å². The lowest BCUT2D eigenvalue weighted by Crippen LogP contribution is -2.11. The van der Waals surface area contributed by atoms with Crippen LogP contribution in [-0.2, 0) is 4.79 Å². The van der Waals surface area contributed by atoms with Crippen molar-refractivity contribution in [2.75, 3.05) is 11.1 Å². The number of benzene rings is 2. The molecule has 0 saturated carbocycles. The zero-order chi connectivity index (χ0) is 19.3. The van der Waals surface area contributed by atoms with Gasteiger partial charge in [-0.2, -0.15) is 0 Å². The largest absolute Gasteiger partial charge is 0.302 e. The number of hydrogen-bond donors (Lipinski definition) is 1. The Hall–Kier alpha value is -2.29. The van der Waals surface area contributed by atoms with Crippen molar-refractivity contribution in [3.8, 4) is 10.7 Å². The second kappa shape index (κ2) is 8.81. The number of carbonyl (C=O) groups is 1. The highest BCUT2D eigenvalue weighted by molar-refractivity contribution is 7.99. The molecule has 0 aliphatic rings. The number of fused-ring (bicyclic) bond motifs is 1. The molecule has 4 rings (SSSR count). The van der Waals surface area contributed by atoms with Crippen LogP contribution in [0.25, 0.3) is 20.9 Å². The monoisotopic (exact) mass is 429 g/mol. The highest BCUT2D eigenvalue weighted by Gasteiger charge is 2.11. The zero-order valence-electron chi connectivity index (χ0n) is 14.7. The molecule has 0 aliphatic heterocycles. The Morgan fingerprint density at radius 1 is 1.11 bits per heavy atom. The third-order valence-electron chi connectivity index (χ3n) is 3.89. The van der Waals surface area contributed by atoms with Gasteiger partial charge in [-0.1, -0.05) is 12.1 Å². The second-order valence-electron chi connectivity index (χ2n) is 5.98. The number of nitrogens with one attached hydrogen (secondary N) is 1. The number of hydrogen-bond acceptors (Lipinski definition) is 6. The van der Waals surface area contributed by atoms with E-state index in [1.807, 2.05) is 29.6 Å². The van der Waals surface area contributed by atoms with Gasteiger partial charge >= 0.3 is 0 Å². The van der Waals surface area contributed by atoms with Gasteiger partial charge in [0.2, 0.25) is 5.91 Å². The Labute approximate surface area is 173 Å². The van der Waals surface area contributed by atoms with Crippen molar-refractivity contribution in [1.82, 2.24) is 9.97 Å². The minimum atomic E-state index is -0.239. The van der Waals surface area contributed by atoms with E-state index < -0.39 is 0 Å². The molecule has 0 saturated heterocycles. The molecule has 2 aromatic heterocycles. The number of aromatic nitrogens is 2. The number of para-hydroxylation sites is 1. The molecule has 1 N–H and O–H groups in total. The van der Waals surface area contributed by atoms with Gasteiger partial charge in [-0.3, -0.25) is 4.79 Å². The van der Waals surface area contributed by atoms with Crippen LogP contribution in [0.3, 0.4) is 0 Å². The van der Waals surface area contributed by atoms with Crippen molar-refractivity contribution in [2.24, 2.45) is 0 Å². The number of thiazole rings is 2. The van der Waals surface area contributed by atoms with Crippen LogP contribution >= 0.6 is 34.4 Å². The predicted octanol–water partition coefficient (Wildman–Crippen LogP) is 6.07. The minimum Gasteiger partial charge on any atom is -0.302 e. The highest BCUT2D eigenvalue weighted by atomic mass is 32.2. The molecule has 0 bridgehead atoms. The van der Waals surface area contributed by atoms with Crippen molar-refractivity contribution in [2.45, 2.75) is 17.7 Å². The number of carbonyl (C=O) groups excluding carboxylic acids is 1. The Balaban J connectivity index is 1.27. The number of amides is 1. The fourth-order valence-electron chi connectivity index (χ4n) is 2.55. The van der Waals surface area contributed by atoms with Crippen LogP contribution in [0, 0.1) is 5.82 Å². The maximum atomic E-state index is 12.9. The minimum absolute atomic E-state index is 0.0510. The molecule has 0 radical (unpaired) electrons. The third-order valence-corrected chi connectivity index (χ3v) is 6.81. The topological polar surface area (TPSA) is 54.9 Å². The van der Waals surface area contributed by atoms with E-state index >= 15 is 0 Å². The van der Waals surface area contributed by atoms with E-state index in [1.54, 1.807) is 35.2 Å². The van der Waals surface area contributed by atoms with Crippen molar-refractivity contribution < 1.29 is 9.18 Å². The van der Waals surface area contributed by atoms with Crippen molar-refractivity contribution in [1.29, 1.82) is 0 Å². The van der Waals surface area contributed by atoms with Crippen LogP contribution in [0.2, 0.25) is 0 Å². The van der Waals surface area contributed by atoms with Crippen LogP contribution in [0.4, 0.5) is 9.52 Å². The summed E-state index contributed by atoms with van der Waals surface area (Å²) in [5, 5.41) is 6.22. The summed E-state index contributed by atoms with van der Waals surface area (Å²) in [6.45, 7) is 0. The molecule has 0 atom stereocenters. The normalized spacial score (nSPS) is 11.0. The van der Waals surface area contributed by atoms with Gasteiger partial charge in [0.15, 0.2) is 5.13 Å². The number of anilines is 1. The van der Waals surface area contributed by atoms with E-state index in [4.69, 9.17) is 0 Å². The van der Waals surface area contributed by atoms with Gasteiger partial charge in [0, 0.05) is 16.7 Å². The fourth-order valence-corrected chi connectivity index (χ4v) is 5.11. The summed E-state index contributed by atoms with van der Waals surface area (Å²) < 4.78 is 14.0. The molecule has 0 unspecified atom stereocenters. The quantitative estimate of drug-likeness (QED) is 0.286. The standard InChI is InChI=1S/C20H16FN3OS3/c21-13-7-9-14(10-8-13)26-11-3-6-18(25)24-20-23-16(12-27-20)19-22-15-4-1-2-5-17(15)28-19/h1-2,4-5,7-10,12H,3,6,11H2,(H,23,24,25). The zero-order valence-corrected chi connectivity index (χ0v) is 17.2. The first-order chi connectivity index (χ1) is 13.7. The smallest absolute Gasteiger partial charge is 0.226 e. The van der Waals surface area contributed by atoms with Crippen LogP contribution in [0.1, 0.15) is 12.8 Å². The Morgan fingerprint density at radius 3 is 2.75 bits per heavy atom. The van der Waals surface area contributed by atoms with E-state index in [1.165, 1.54) is 23.5 Å². The molecule has 8 heteroatoms. The molecular weight excluding hydrogens is 413 g/mol. The molecule has 28 heavy (non-hydrogen) atoms. The molecule has 0 fully saturated rings. The SMILES string of the molecule is O=C(CCCSc1ccc(F)cc1)Nc1nc(-c2nc3ccccc3s2)cs1. The second-order valence-corrected chi connectivity index (χ2v) is 9.04. The molecule has 2 aromatic carbocycles. The maximum absolute atomic E-state index is 12.9. The first-order valence-corrected chi connectivity index (χ1v) is 11.4. The van der Waals surface area contributed by atoms with Gasteiger partial charge in [0.1, 0.15) is 16.5 Å². The predicted molar refractivity (Wildman–Crippen MR) is 116 cm³/mol. The summed E-state index contributed by atoms with van der Waals surface area (Å²) in [5.74, 6) is 0.510. The van der Waals surface area contributed by atoms with E-state index in [0.29, 0.717) is 11.6 Å². The van der Waals surface area contributed by atoms with E-state index in [2.05, 4.69) is 15.3 Å². The Kier molecular flexibility index (Phi) is 5.99. The van der Waals surface area contributed by atoms with Crippen LogP contribution in [-0.4, -0.2) is 21.6 Å². The molecule has 4 nitrogen and oxygen atoms in total. The van der Waals surface area contributed by atoms with Crippen LogP contribution in [0.5, 0.6) is 0 Å². The number of halogens is 1. The fraction of sp³-hybridized carbons (Fsp3) is 0.150. The summed E-state index contributed by atoms with van der Waals surface area (Å²) in [6.07, 6.45) is 1.16. The molecule has 142 valence electrons. The van der Waals surface area contributed by atoms with Crippen molar-refractivity contribution in [3.05, 3.63) is 59.7 Å². The summed E-state index contributed by atoms with van der Waals surface area (Å²) in [5.41, 5.74) is 1.74. The number of nitrogens with zero attached hydrogens (tertiary/aromatic N) is 2. The summed E-state index contributed by atoms with van der Waals surface area (Å²) in [6, 6.07) is 14.4. The van der Waals surface area contributed by atoms with Gasteiger partial charge in [-0.15, -0.1) is 34.4 Å². The van der Waals surface area contributed by atoms with Gasteiger partial charge in [-0.05, 0) is 48.6 Å². The number of thioether (sulfide) groups is 1.